The first kappa shape index (κ1) is 12.1. The number of pyridine rings is 1. The normalized spacial score (nSPS) is 10.1. The van der Waals surface area contributed by atoms with E-state index >= 15 is 0 Å². The Morgan fingerprint density at radius 1 is 1.06 bits per heavy atom. The van der Waals surface area contributed by atoms with Crippen LogP contribution in [0.2, 0.25) is 0 Å². The fraction of sp³-hybridized carbons (Fsp3) is 0.200. The summed E-state index contributed by atoms with van der Waals surface area (Å²) in [6.45, 7) is 6.13. The van der Waals surface area contributed by atoms with Crippen molar-refractivity contribution in [1.82, 2.24) is 4.98 Å². The quantitative estimate of drug-likeness (QED) is 0.829. The molecule has 2 rings (SSSR count). The van der Waals surface area contributed by atoms with Crippen molar-refractivity contribution < 1.29 is 5.11 Å². The number of nitrogens with zero attached hydrogens (tertiary/aromatic N) is 2. The van der Waals surface area contributed by atoms with E-state index in [0.29, 0.717) is 5.69 Å². The van der Waals surface area contributed by atoms with Crippen LogP contribution in [-0.2, 0) is 0 Å². The second kappa shape index (κ2) is 4.50. The molecule has 3 heteroatoms. The summed E-state index contributed by atoms with van der Waals surface area (Å²) in [6, 6.07) is 7.74. The third-order valence-corrected chi connectivity index (χ3v) is 3.12. The van der Waals surface area contributed by atoms with E-state index in [4.69, 9.17) is 5.26 Å². The van der Waals surface area contributed by atoms with Crippen LogP contribution in [0.3, 0.4) is 0 Å². The highest BCUT2D eigenvalue weighted by Gasteiger charge is 2.09. The lowest BCUT2D eigenvalue weighted by atomic mass is 9.98. The Bertz CT molecular complexity index is 654. The van der Waals surface area contributed by atoms with Crippen molar-refractivity contribution in [2.45, 2.75) is 20.8 Å². The Hall–Kier alpha value is -2.34. The summed E-state index contributed by atoms with van der Waals surface area (Å²) in [5.41, 5.74) is 5.48. The van der Waals surface area contributed by atoms with E-state index in [1.165, 1.54) is 17.3 Å². The number of hydrogen-bond donors (Lipinski definition) is 1. The summed E-state index contributed by atoms with van der Waals surface area (Å²) in [5.74, 6) is -0.0808. The SMILES string of the molecule is Cc1cc(C)c(-c2cc(C#N)c(O)cn2)cc1C. The Morgan fingerprint density at radius 2 is 1.72 bits per heavy atom. The van der Waals surface area contributed by atoms with Crippen LogP contribution >= 0.6 is 0 Å². The molecule has 0 aliphatic carbocycles. The third-order valence-electron chi connectivity index (χ3n) is 3.12. The molecule has 18 heavy (non-hydrogen) atoms. The van der Waals surface area contributed by atoms with Crippen LogP contribution in [0.15, 0.2) is 24.4 Å². The van der Waals surface area contributed by atoms with Gasteiger partial charge >= 0.3 is 0 Å². The van der Waals surface area contributed by atoms with Gasteiger partial charge in [0.05, 0.1) is 17.5 Å². The lowest BCUT2D eigenvalue weighted by molar-refractivity contribution is 0.471. The number of rotatable bonds is 1. The van der Waals surface area contributed by atoms with Gasteiger partial charge in [-0.25, -0.2) is 0 Å². The number of hydrogen-bond acceptors (Lipinski definition) is 3. The number of aromatic hydroxyl groups is 1. The first-order valence-corrected chi connectivity index (χ1v) is 5.70. The van der Waals surface area contributed by atoms with Crippen LogP contribution in [0.1, 0.15) is 22.3 Å². The van der Waals surface area contributed by atoms with Crippen molar-refractivity contribution in [2.75, 3.05) is 0 Å². The molecule has 0 saturated heterocycles. The van der Waals surface area contributed by atoms with Crippen molar-refractivity contribution in [3.8, 4) is 23.1 Å². The maximum atomic E-state index is 9.46. The number of aryl methyl sites for hydroxylation is 3. The van der Waals surface area contributed by atoms with Gasteiger partial charge in [-0.3, -0.25) is 4.98 Å². The minimum absolute atomic E-state index is 0.0808. The van der Waals surface area contributed by atoms with Crippen LogP contribution in [0.25, 0.3) is 11.3 Å². The predicted molar refractivity (Wildman–Crippen MR) is 70.3 cm³/mol. The molecule has 1 N–H and O–H groups in total. The Labute approximate surface area is 106 Å². The summed E-state index contributed by atoms with van der Waals surface area (Å²) in [4.78, 5) is 4.19. The fourth-order valence-corrected chi connectivity index (χ4v) is 1.92. The minimum atomic E-state index is -0.0808. The van der Waals surface area contributed by atoms with Gasteiger partial charge in [0.1, 0.15) is 6.07 Å². The molecule has 0 saturated carbocycles. The largest absolute Gasteiger partial charge is 0.505 e. The van der Waals surface area contributed by atoms with Gasteiger partial charge in [-0.2, -0.15) is 5.26 Å². The zero-order chi connectivity index (χ0) is 13.3. The van der Waals surface area contributed by atoms with Crippen molar-refractivity contribution in [3.05, 3.63) is 46.6 Å². The van der Waals surface area contributed by atoms with Gasteiger partial charge in [0.2, 0.25) is 0 Å². The smallest absolute Gasteiger partial charge is 0.151 e. The highest BCUT2D eigenvalue weighted by atomic mass is 16.3. The maximum Gasteiger partial charge on any atom is 0.151 e. The van der Waals surface area contributed by atoms with Crippen LogP contribution in [0.5, 0.6) is 5.75 Å². The zero-order valence-electron chi connectivity index (χ0n) is 10.7. The second-order valence-corrected chi connectivity index (χ2v) is 4.45. The first-order chi connectivity index (χ1) is 8.52. The average Bonchev–Trinajstić information content (AvgIpc) is 2.35. The number of aromatic nitrogens is 1. The van der Waals surface area contributed by atoms with Crippen LogP contribution < -0.4 is 0 Å². The molecule has 1 aromatic carbocycles. The van der Waals surface area contributed by atoms with Crippen molar-refractivity contribution in [2.24, 2.45) is 0 Å². The number of benzene rings is 1. The Kier molecular flexibility index (Phi) is 3.03. The minimum Gasteiger partial charge on any atom is -0.505 e. The molecule has 0 atom stereocenters. The molecule has 0 fully saturated rings. The Morgan fingerprint density at radius 3 is 2.39 bits per heavy atom. The summed E-state index contributed by atoms with van der Waals surface area (Å²) in [6.07, 6.45) is 1.32. The van der Waals surface area contributed by atoms with Gasteiger partial charge in [-0.1, -0.05) is 6.07 Å². The third kappa shape index (κ3) is 2.05. The standard InChI is InChI=1S/C15H14N2O/c1-9-4-11(3)13(5-10(9)2)14-6-12(7-16)15(18)8-17-14/h4-6,8,18H,1-3H3. The van der Waals surface area contributed by atoms with E-state index in [-0.39, 0.29) is 11.3 Å². The average molecular weight is 238 g/mol. The first-order valence-electron chi connectivity index (χ1n) is 5.70. The molecule has 0 aliphatic heterocycles. The zero-order valence-corrected chi connectivity index (χ0v) is 10.7. The molecule has 0 spiro atoms. The van der Waals surface area contributed by atoms with Gasteiger partial charge in [-0.15, -0.1) is 0 Å². The molecule has 0 bridgehead atoms. The molecular weight excluding hydrogens is 224 g/mol. The van der Waals surface area contributed by atoms with E-state index in [1.54, 1.807) is 6.07 Å². The highest BCUT2D eigenvalue weighted by molar-refractivity contribution is 5.67. The molecule has 0 radical (unpaired) electrons. The lowest BCUT2D eigenvalue weighted by Gasteiger charge is -2.09. The molecule has 0 unspecified atom stereocenters. The number of nitriles is 1. The van der Waals surface area contributed by atoms with Gasteiger partial charge < -0.3 is 5.11 Å². The molecule has 1 heterocycles. The van der Waals surface area contributed by atoms with Crippen molar-refractivity contribution in [1.29, 1.82) is 5.26 Å². The molecule has 0 aliphatic rings. The van der Waals surface area contributed by atoms with Crippen LogP contribution in [0, 0.1) is 32.1 Å². The molecule has 2 aromatic rings. The van der Waals surface area contributed by atoms with Gasteiger partial charge in [0.25, 0.3) is 0 Å². The summed E-state index contributed by atoms with van der Waals surface area (Å²) < 4.78 is 0. The van der Waals surface area contributed by atoms with Crippen molar-refractivity contribution in [3.63, 3.8) is 0 Å². The van der Waals surface area contributed by atoms with Gasteiger partial charge in [-0.05, 0) is 49.6 Å². The fourth-order valence-electron chi connectivity index (χ4n) is 1.92. The predicted octanol–water partition coefficient (Wildman–Crippen LogP) is 3.25. The molecule has 90 valence electrons. The highest BCUT2D eigenvalue weighted by Crippen LogP contribution is 2.27. The van der Waals surface area contributed by atoms with E-state index < -0.39 is 0 Å². The Balaban J connectivity index is 2.63. The van der Waals surface area contributed by atoms with E-state index in [9.17, 15) is 5.11 Å². The molecular formula is C15H14N2O. The van der Waals surface area contributed by atoms with Gasteiger partial charge in [0, 0.05) is 5.56 Å². The van der Waals surface area contributed by atoms with Crippen LogP contribution in [-0.4, -0.2) is 10.1 Å². The molecule has 1 aromatic heterocycles. The molecule has 0 amide bonds. The lowest BCUT2D eigenvalue weighted by Crippen LogP contribution is -1.92. The maximum absolute atomic E-state index is 9.46. The summed E-state index contributed by atoms with van der Waals surface area (Å²) in [5, 5.41) is 18.4. The molecule has 3 nitrogen and oxygen atoms in total. The van der Waals surface area contributed by atoms with Gasteiger partial charge in [0.15, 0.2) is 5.75 Å². The van der Waals surface area contributed by atoms with Crippen molar-refractivity contribution >= 4 is 0 Å². The monoisotopic (exact) mass is 238 g/mol. The summed E-state index contributed by atoms with van der Waals surface area (Å²) >= 11 is 0. The summed E-state index contributed by atoms with van der Waals surface area (Å²) in [7, 11) is 0. The van der Waals surface area contributed by atoms with E-state index in [2.05, 4.69) is 24.0 Å². The van der Waals surface area contributed by atoms with Crippen LogP contribution in [0.4, 0.5) is 0 Å². The van der Waals surface area contributed by atoms with E-state index in [0.717, 1.165) is 11.1 Å². The van der Waals surface area contributed by atoms with E-state index in [1.807, 2.05) is 19.9 Å². The topological polar surface area (TPSA) is 56.9 Å². The second-order valence-electron chi connectivity index (χ2n) is 4.45.